The van der Waals surface area contributed by atoms with Crippen molar-refractivity contribution in [3.8, 4) is 0 Å². The first-order valence-corrected chi connectivity index (χ1v) is 6.55. The van der Waals surface area contributed by atoms with Gasteiger partial charge in [-0.15, -0.1) is 11.3 Å². The van der Waals surface area contributed by atoms with Crippen LogP contribution in [0.4, 0.5) is 8.78 Å². The quantitative estimate of drug-likeness (QED) is 0.852. The normalized spacial score (nSPS) is 12.8. The van der Waals surface area contributed by atoms with E-state index >= 15 is 0 Å². The molecule has 90 valence electrons. The molecule has 0 saturated heterocycles. The molecule has 1 aromatic heterocycles. The predicted octanol–water partition coefficient (Wildman–Crippen LogP) is 4.52. The van der Waals surface area contributed by atoms with Crippen LogP contribution in [-0.2, 0) is 0 Å². The predicted molar refractivity (Wildman–Crippen MR) is 67.4 cm³/mol. The SMILES string of the molecule is OC(c1cc(F)cc(F)c1)c1cc(Br)c(Cl)s1. The third kappa shape index (κ3) is 2.85. The topological polar surface area (TPSA) is 20.2 Å². The summed E-state index contributed by atoms with van der Waals surface area (Å²) in [5, 5.41) is 9.98. The summed E-state index contributed by atoms with van der Waals surface area (Å²) in [5.74, 6) is -1.44. The summed E-state index contributed by atoms with van der Waals surface area (Å²) < 4.78 is 27.1. The highest BCUT2D eigenvalue weighted by Crippen LogP contribution is 2.37. The molecule has 2 aromatic rings. The summed E-state index contributed by atoms with van der Waals surface area (Å²) in [5.41, 5.74) is 0.160. The molecule has 0 aliphatic rings. The molecule has 1 aromatic carbocycles. The average Bonchev–Trinajstić information content (AvgIpc) is 2.57. The first-order chi connectivity index (χ1) is 7.97. The molecular weight excluding hydrogens is 334 g/mol. The van der Waals surface area contributed by atoms with Crippen molar-refractivity contribution in [1.82, 2.24) is 0 Å². The maximum absolute atomic E-state index is 13.0. The van der Waals surface area contributed by atoms with Crippen molar-refractivity contribution in [3.63, 3.8) is 0 Å². The molecule has 0 aliphatic heterocycles. The Morgan fingerprint density at radius 1 is 1.18 bits per heavy atom. The maximum atomic E-state index is 13.0. The van der Waals surface area contributed by atoms with Crippen LogP contribution in [-0.4, -0.2) is 5.11 Å². The highest BCUT2D eigenvalue weighted by Gasteiger charge is 2.16. The monoisotopic (exact) mass is 338 g/mol. The minimum atomic E-state index is -1.09. The molecule has 0 bridgehead atoms. The van der Waals surface area contributed by atoms with Crippen molar-refractivity contribution in [1.29, 1.82) is 0 Å². The van der Waals surface area contributed by atoms with E-state index in [1.807, 2.05) is 0 Å². The van der Waals surface area contributed by atoms with E-state index in [4.69, 9.17) is 11.6 Å². The highest BCUT2D eigenvalue weighted by molar-refractivity contribution is 9.10. The summed E-state index contributed by atoms with van der Waals surface area (Å²) in [4.78, 5) is 0.520. The van der Waals surface area contributed by atoms with Gasteiger partial charge in [0, 0.05) is 15.4 Å². The van der Waals surface area contributed by atoms with Crippen LogP contribution in [0, 0.1) is 11.6 Å². The standard InChI is InChI=1S/C11H6BrClF2OS/c12-8-4-9(17-11(8)13)10(16)5-1-6(14)3-7(15)2-5/h1-4,10,16H. The van der Waals surface area contributed by atoms with Gasteiger partial charge in [0.15, 0.2) is 0 Å². The van der Waals surface area contributed by atoms with Gasteiger partial charge in [0.1, 0.15) is 22.1 Å². The van der Waals surface area contributed by atoms with Gasteiger partial charge in [-0.25, -0.2) is 8.78 Å². The van der Waals surface area contributed by atoms with Gasteiger partial charge in [0.2, 0.25) is 0 Å². The van der Waals surface area contributed by atoms with Crippen LogP contribution in [0.25, 0.3) is 0 Å². The summed E-state index contributed by atoms with van der Waals surface area (Å²) in [6.07, 6.45) is -1.09. The molecule has 0 aliphatic carbocycles. The number of hydrogen-bond acceptors (Lipinski definition) is 2. The largest absolute Gasteiger partial charge is 0.383 e. The van der Waals surface area contributed by atoms with Crippen LogP contribution in [0.1, 0.15) is 16.5 Å². The van der Waals surface area contributed by atoms with E-state index in [-0.39, 0.29) is 5.56 Å². The van der Waals surface area contributed by atoms with Gasteiger partial charge in [-0.05, 0) is 39.7 Å². The van der Waals surface area contributed by atoms with Crippen molar-refractivity contribution >= 4 is 38.9 Å². The molecule has 17 heavy (non-hydrogen) atoms. The lowest BCUT2D eigenvalue weighted by atomic mass is 10.1. The van der Waals surface area contributed by atoms with Gasteiger partial charge in [-0.3, -0.25) is 0 Å². The molecule has 1 heterocycles. The molecular formula is C11H6BrClF2OS. The van der Waals surface area contributed by atoms with Gasteiger partial charge in [0.05, 0.1) is 0 Å². The van der Waals surface area contributed by atoms with Gasteiger partial charge in [-0.1, -0.05) is 11.6 Å². The van der Waals surface area contributed by atoms with Crippen molar-refractivity contribution in [2.24, 2.45) is 0 Å². The Labute approximate surface area is 114 Å². The van der Waals surface area contributed by atoms with Crippen LogP contribution >= 0.6 is 38.9 Å². The molecule has 2 rings (SSSR count). The molecule has 1 unspecified atom stereocenters. The van der Waals surface area contributed by atoms with E-state index in [2.05, 4.69) is 15.9 Å². The first kappa shape index (κ1) is 13.0. The lowest BCUT2D eigenvalue weighted by molar-refractivity contribution is 0.223. The molecule has 1 nitrogen and oxygen atoms in total. The van der Waals surface area contributed by atoms with Gasteiger partial charge in [-0.2, -0.15) is 0 Å². The van der Waals surface area contributed by atoms with E-state index in [0.717, 1.165) is 29.5 Å². The van der Waals surface area contributed by atoms with Crippen molar-refractivity contribution in [2.45, 2.75) is 6.10 Å². The average molecular weight is 340 g/mol. The van der Waals surface area contributed by atoms with Gasteiger partial charge < -0.3 is 5.11 Å². The molecule has 6 heteroatoms. The van der Waals surface area contributed by atoms with Crippen molar-refractivity contribution < 1.29 is 13.9 Å². The number of hydrogen-bond donors (Lipinski definition) is 1. The van der Waals surface area contributed by atoms with Crippen LogP contribution in [0.2, 0.25) is 4.34 Å². The zero-order valence-corrected chi connectivity index (χ0v) is 11.4. The number of rotatable bonds is 2. The Bertz CT molecular complexity index is 519. The fraction of sp³-hybridized carbons (Fsp3) is 0.0909. The maximum Gasteiger partial charge on any atom is 0.126 e. The Morgan fingerprint density at radius 2 is 1.76 bits per heavy atom. The fourth-order valence-electron chi connectivity index (χ4n) is 1.40. The summed E-state index contributed by atoms with van der Waals surface area (Å²) in [6, 6.07) is 4.57. The second-order valence-electron chi connectivity index (χ2n) is 3.38. The molecule has 0 amide bonds. The summed E-state index contributed by atoms with van der Waals surface area (Å²) in [7, 11) is 0. The lowest BCUT2D eigenvalue weighted by Crippen LogP contribution is -1.98. The van der Waals surface area contributed by atoms with E-state index in [1.54, 1.807) is 6.07 Å². The minimum absolute atomic E-state index is 0.160. The zero-order valence-electron chi connectivity index (χ0n) is 8.25. The Morgan fingerprint density at radius 3 is 2.24 bits per heavy atom. The van der Waals surface area contributed by atoms with E-state index < -0.39 is 17.7 Å². The number of halogens is 4. The van der Waals surface area contributed by atoms with Crippen molar-refractivity contribution in [2.75, 3.05) is 0 Å². The van der Waals surface area contributed by atoms with Crippen LogP contribution in [0.15, 0.2) is 28.7 Å². The van der Waals surface area contributed by atoms with E-state index in [1.165, 1.54) is 0 Å². The van der Waals surface area contributed by atoms with E-state index in [0.29, 0.717) is 13.7 Å². The number of thiophene rings is 1. The molecule has 0 saturated carbocycles. The van der Waals surface area contributed by atoms with Gasteiger partial charge >= 0.3 is 0 Å². The third-order valence-electron chi connectivity index (χ3n) is 2.13. The molecule has 1 N–H and O–H groups in total. The second kappa shape index (κ2) is 5.02. The Kier molecular flexibility index (Phi) is 3.82. The molecule has 1 atom stereocenters. The lowest BCUT2D eigenvalue weighted by Gasteiger charge is -2.08. The number of aliphatic hydroxyl groups is 1. The number of aliphatic hydroxyl groups excluding tert-OH is 1. The van der Waals surface area contributed by atoms with E-state index in [9.17, 15) is 13.9 Å². The minimum Gasteiger partial charge on any atom is -0.383 e. The van der Waals surface area contributed by atoms with Crippen LogP contribution in [0.5, 0.6) is 0 Å². The smallest absolute Gasteiger partial charge is 0.126 e. The van der Waals surface area contributed by atoms with Gasteiger partial charge in [0.25, 0.3) is 0 Å². The summed E-state index contributed by atoms with van der Waals surface area (Å²) >= 11 is 10.2. The Balaban J connectivity index is 2.39. The third-order valence-corrected chi connectivity index (χ3v) is 4.66. The van der Waals surface area contributed by atoms with Crippen LogP contribution < -0.4 is 0 Å². The molecule has 0 spiro atoms. The number of benzene rings is 1. The summed E-state index contributed by atoms with van der Waals surface area (Å²) in [6.45, 7) is 0. The van der Waals surface area contributed by atoms with Crippen LogP contribution in [0.3, 0.4) is 0 Å². The molecule has 0 radical (unpaired) electrons. The van der Waals surface area contributed by atoms with Crippen molar-refractivity contribution in [3.05, 3.63) is 55.1 Å². The Hall–Kier alpha value is -0.490. The first-order valence-electron chi connectivity index (χ1n) is 4.56. The molecule has 0 fully saturated rings. The highest BCUT2D eigenvalue weighted by atomic mass is 79.9. The second-order valence-corrected chi connectivity index (χ2v) is 5.92. The fourth-order valence-corrected chi connectivity index (χ4v) is 3.15. The zero-order chi connectivity index (χ0) is 12.6.